The number of phenols is 1. The Kier molecular flexibility index (Phi) is 7.82. The standard InChI is InChI=1S/C32H35NO7/c1-8-40-26-16-19(10-13-25(26)39-7)28-27(29(35)21-17-20(32(3,4)5)11-14-24(21)38-6)30(36)31(37)33(28)22-15-18(2)9-12-23(22)34/h9-17,28,34-35H,8H2,1-7H3/b29-27+. The molecule has 0 bridgehead atoms. The van der Waals surface area contributed by atoms with E-state index in [2.05, 4.69) is 0 Å². The third-order valence-electron chi connectivity index (χ3n) is 6.96. The lowest BCUT2D eigenvalue weighted by Gasteiger charge is -2.27. The number of ether oxygens (including phenoxy) is 3. The van der Waals surface area contributed by atoms with Crippen LogP contribution in [0, 0.1) is 6.92 Å². The fourth-order valence-electron chi connectivity index (χ4n) is 4.86. The highest BCUT2D eigenvalue weighted by Crippen LogP contribution is 2.47. The number of rotatable bonds is 7. The van der Waals surface area contributed by atoms with E-state index in [-0.39, 0.29) is 33.7 Å². The average molecular weight is 546 g/mol. The molecule has 210 valence electrons. The molecule has 0 radical (unpaired) electrons. The van der Waals surface area contributed by atoms with Gasteiger partial charge in [0.25, 0.3) is 11.7 Å². The maximum absolute atomic E-state index is 13.7. The molecule has 1 unspecified atom stereocenters. The molecule has 4 rings (SSSR count). The number of benzene rings is 3. The number of methoxy groups -OCH3 is 2. The zero-order valence-electron chi connectivity index (χ0n) is 23.9. The van der Waals surface area contributed by atoms with Gasteiger partial charge in [-0.3, -0.25) is 14.5 Å². The molecule has 1 saturated heterocycles. The summed E-state index contributed by atoms with van der Waals surface area (Å²) in [5, 5.41) is 22.6. The van der Waals surface area contributed by atoms with Crippen LogP contribution >= 0.6 is 0 Å². The monoisotopic (exact) mass is 545 g/mol. The molecule has 2 N–H and O–H groups in total. The van der Waals surface area contributed by atoms with Crippen LogP contribution in [0.4, 0.5) is 5.69 Å². The number of carbonyl (C=O) groups excluding carboxylic acids is 2. The van der Waals surface area contributed by atoms with E-state index in [1.807, 2.05) is 40.7 Å². The van der Waals surface area contributed by atoms with Gasteiger partial charge in [0, 0.05) is 0 Å². The fraction of sp³-hybridized carbons (Fsp3) is 0.312. The second kappa shape index (κ2) is 11.0. The van der Waals surface area contributed by atoms with E-state index in [4.69, 9.17) is 14.2 Å². The second-order valence-corrected chi connectivity index (χ2v) is 10.7. The second-order valence-electron chi connectivity index (χ2n) is 10.7. The molecule has 0 aliphatic carbocycles. The van der Waals surface area contributed by atoms with Crippen molar-refractivity contribution >= 4 is 23.1 Å². The van der Waals surface area contributed by atoms with Crippen molar-refractivity contribution in [1.29, 1.82) is 0 Å². The molecule has 1 heterocycles. The molecule has 3 aromatic rings. The van der Waals surface area contributed by atoms with Gasteiger partial charge in [-0.25, -0.2) is 0 Å². The summed E-state index contributed by atoms with van der Waals surface area (Å²) in [6.07, 6.45) is 0. The minimum atomic E-state index is -1.08. The molecule has 0 aromatic heterocycles. The van der Waals surface area contributed by atoms with Crippen LogP contribution in [0.1, 0.15) is 56.0 Å². The minimum absolute atomic E-state index is 0.136. The van der Waals surface area contributed by atoms with Crippen molar-refractivity contribution in [2.24, 2.45) is 0 Å². The van der Waals surface area contributed by atoms with Gasteiger partial charge in [0.05, 0.1) is 43.7 Å². The van der Waals surface area contributed by atoms with Crippen LogP contribution < -0.4 is 19.1 Å². The molecule has 1 aliphatic rings. The summed E-state index contributed by atoms with van der Waals surface area (Å²) in [5.74, 6) is -1.10. The van der Waals surface area contributed by atoms with Crippen molar-refractivity contribution in [3.63, 3.8) is 0 Å². The van der Waals surface area contributed by atoms with Crippen LogP contribution in [0.15, 0.2) is 60.2 Å². The first kappa shape index (κ1) is 28.5. The predicted molar refractivity (Wildman–Crippen MR) is 153 cm³/mol. The quantitative estimate of drug-likeness (QED) is 0.212. The number of hydrogen-bond donors (Lipinski definition) is 2. The maximum atomic E-state index is 13.7. The van der Waals surface area contributed by atoms with E-state index in [1.54, 1.807) is 42.5 Å². The van der Waals surface area contributed by atoms with Crippen molar-refractivity contribution in [3.8, 4) is 23.0 Å². The lowest BCUT2D eigenvalue weighted by molar-refractivity contribution is -0.132. The Bertz CT molecular complexity index is 1500. The molecular weight excluding hydrogens is 510 g/mol. The Morgan fingerprint density at radius 2 is 1.60 bits per heavy atom. The van der Waals surface area contributed by atoms with Gasteiger partial charge in [-0.1, -0.05) is 39.0 Å². The highest BCUT2D eigenvalue weighted by Gasteiger charge is 2.48. The van der Waals surface area contributed by atoms with Crippen molar-refractivity contribution in [2.45, 2.75) is 46.1 Å². The molecule has 1 atom stereocenters. The largest absolute Gasteiger partial charge is 0.507 e. The molecule has 8 nitrogen and oxygen atoms in total. The first-order valence-electron chi connectivity index (χ1n) is 13.0. The highest BCUT2D eigenvalue weighted by molar-refractivity contribution is 6.52. The lowest BCUT2D eigenvalue weighted by Crippen LogP contribution is -2.29. The van der Waals surface area contributed by atoms with E-state index >= 15 is 0 Å². The average Bonchev–Trinajstić information content (AvgIpc) is 3.18. The predicted octanol–water partition coefficient (Wildman–Crippen LogP) is 6.04. The summed E-state index contributed by atoms with van der Waals surface area (Å²) >= 11 is 0. The zero-order valence-corrected chi connectivity index (χ0v) is 23.9. The summed E-state index contributed by atoms with van der Waals surface area (Å²) in [4.78, 5) is 28.6. The SMILES string of the molecule is CCOc1cc(C2/C(=C(\O)c3cc(C(C)(C)C)ccc3OC)C(=O)C(=O)N2c2cc(C)ccc2O)ccc1OC. The topological polar surface area (TPSA) is 106 Å². The number of ketones is 1. The number of anilines is 1. The van der Waals surface area contributed by atoms with Crippen LogP contribution in [0.2, 0.25) is 0 Å². The molecular formula is C32H35NO7. The van der Waals surface area contributed by atoms with E-state index in [0.717, 1.165) is 11.1 Å². The molecule has 0 saturated carbocycles. The van der Waals surface area contributed by atoms with E-state index in [1.165, 1.54) is 25.2 Å². The number of hydrogen-bond acceptors (Lipinski definition) is 7. The number of carbonyl (C=O) groups is 2. The van der Waals surface area contributed by atoms with E-state index < -0.39 is 17.7 Å². The summed E-state index contributed by atoms with van der Waals surface area (Å²) in [7, 11) is 2.99. The number of aliphatic hydroxyl groups excluding tert-OH is 1. The number of aromatic hydroxyl groups is 1. The van der Waals surface area contributed by atoms with Crippen LogP contribution in [0.25, 0.3) is 5.76 Å². The number of amides is 1. The van der Waals surface area contributed by atoms with Crippen molar-refractivity contribution in [1.82, 2.24) is 0 Å². The Morgan fingerprint density at radius 1 is 0.925 bits per heavy atom. The Labute approximate surface area is 234 Å². The van der Waals surface area contributed by atoms with Gasteiger partial charge in [-0.2, -0.15) is 0 Å². The molecule has 1 aliphatic heterocycles. The first-order valence-corrected chi connectivity index (χ1v) is 13.0. The molecule has 3 aromatic carbocycles. The van der Waals surface area contributed by atoms with Gasteiger partial charge in [0.2, 0.25) is 0 Å². The number of phenolic OH excluding ortho intramolecular Hbond substituents is 1. The van der Waals surface area contributed by atoms with Crippen molar-refractivity contribution in [2.75, 3.05) is 25.7 Å². The third-order valence-corrected chi connectivity index (χ3v) is 6.96. The van der Waals surface area contributed by atoms with Gasteiger partial charge in [-0.05, 0) is 72.4 Å². The Balaban J connectivity index is 2.05. The molecule has 0 spiro atoms. The number of nitrogens with zero attached hydrogens (tertiary/aromatic N) is 1. The van der Waals surface area contributed by atoms with Gasteiger partial charge in [0.1, 0.15) is 17.3 Å². The Hall–Kier alpha value is -4.46. The molecule has 8 heteroatoms. The Morgan fingerprint density at radius 3 is 2.23 bits per heavy atom. The van der Waals surface area contributed by atoms with Gasteiger partial charge in [0.15, 0.2) is 11.5 Å². The summed E-state index contributed by atoms with van der Waals surface area (Å²) < 4.78 is 16.8. The van der Waals surface area contributed by atoms with Crippen LogP contribution in [-0.4, -0.2) is 42.7 Å². The number of Topliss-reactive ketones (excluding diaryl/α,β-unsaturated/α-hetero) is 1. The third kappa shape index (κ3) is 5.09. The van der Waals surface area contributed by atoms with E-state index in [9.17, 15) is 19.8 Å². The summed E-state index contributed by atoms with van der Waals surface area (Å²) in [6, 6.07) is 14.2. The molecule has 40 heavy (non-hydrogen) atoms. The normalized spacial score (nSPS) is 16.8. The van der Waals surface area contributed by atoms with Crippen LogP contribution in [-0.2, 0) is 15.0 Å². The highest BCUT2D eigenvalue weighted by atomic mass is 16.5. The summed E-state index contributed by atoms with van der Waals surface area (Å²) in [5.41, 5.74) is 2.19. The van der Waals surface area contributed by atoms with Crippen LogP contribution in [0.3, 0.4) is 0 Å². The molecule has 1 fully saturated rings. The zero-order chi connectivity index (χ0) is 29.4. The number of aliphatic hydroxyl groups is 1. The van der Waals surface area contributed by atoms with Crippen molar-refractivity contribution in [3.05, 3.63) is 82.4 Å². The maximum Gasteiger partial charge on any atom is 0.300 e. The molecule has 1 amide bonds. The summed E-state index contributed by atoms with van der Waals surface area (Å²) in [6.45, 7) is 10.1. The van der Waals surface area contributed by atoms with E-state index in [0.29, 0.717) is 29.4 Å². The first-order chi connectivity index (χ1) is 18.9. The number of aryl methyl sites for hydroxylation is 1. The van der Waals surface area contributed by atoms with Gasteiger partial charge in [-0.15, -0.1) is 0 Å². The van der Waals surface area contributed by atoms with Gasteiger partial charge < -0.3 is 24.4 Å². The smallest absolute Gasteiger partial charge is 0.300 e. The lowest BCUT2D eigenvalue weighted by atomic mass is 9.85. The van der Waals surface area contributed by atoms with Crippen LogP contribution in [0.5, 0.6) is 23.0 Å². The minimum Gasteiger partial charge on any atom is -0.507 e. The van der Waals surface area contributed by atoms with Crippen molar-refractivity contribution < 1.29 is 34.0 Å². The fourth-order valence-corrected chi connectivity index (χ4v) is 4.86. The van der Waals surface area contributed by atoms with Gasteiger partial charge >= 0.3 is 0 Å².